The van der Waals surface area contributed by atoms with Gasteiger partial charge in [-0.05, 0) is 41.4 Å². The van der Waals surface area contributed by atoms with Crippen molar-refractivity contribution in [3.8, 4) is 0 Å². The van der Waals surface area contributed by atoms with E-state index >= 15 is 0 Å². The van der Waals surface area contributed by atoms with E-state index in [0.717, 1.165) is 42.8 Å². The van der Waals surface area contributed by atoms with Crippen molar-refractivity contribution >= 4 is 15.9 Å². The second kappa shape index (κ2) is 5.84. The van der Waals surface area contributed by atoms with Gasteiger partial charge in [0.15, 0.2) is 0 Å². The normalized spacial score (nSPS) is 22.5. The molecule has 1 aromatic rings. The summed E-state index contributed by atoms with van der Waals surface area (Å²) >= 11 is 3.53. The zero-order valence-electron chi connectivity index (χ0n) is 9.54. The van der Waals surface area contributed by atoms with Gasteiger partial charge in [0, 0.05) is 12.5 Å². The van der Waals surface area contributed by atoms with E-state index in [4.69, 9.17) is 9.15 Å². The molecule has 4 heteroatoms. The molecule has 16 heavy (non-hydrogen) atoms. The Morgan fingerprint density at radius 1 is 1.62 bits per heavy atom. The lowest BCUT2D eigenvalue weighted by molar-refractivity contribution is 0.173. The first-order valence-electron chi connectivity index (χ1n) is 5.87. The molecule has 1 fully saturated rings. The van der Waals surface area contributed by atoms with Crippen LogP contribution in [0.1, 0.15) is 31.6 Å². The summed E-state index contributed by atoms with van der Waals surface area (Å²) in [6.45, 7) is 4.88. The van der Waals surface area contributed by atoms with Gasteiger partial charge < -0.3 is 14.5 Å². The number of hydrogen-bond donors (Lipinski definition) is 1. The van der Waals surface area contributed by atoms with Crippen molar-refractivity contribution in [2.75, 3.05) is 19.8 Å². The van der Waals surface area contributed by atoms with Crippen LogP contribution in [0.15, 0.2) is 21.2 Å². The van der Waals surface area contributed by atoms with Crippen LogP contribution in [0.4, 0.5) is 0 Å². The summed E-state index contributed by atoms with van der Waals surface area (Å²) in [5.74, 6) is 1.53. The molecular formula is C12H18BrNO2. The molecule has 1 saturated heterocycles. The standard InChI is InChI=1S/C12H18BrNO2/c1-2-5-14-11(9-3-6-15-8-9)12-10(13)4-7-16-12/h4,7,9,11,14H,2-3,5-6,8H2,1H3. The number of hydrogen-bond acceptors (Lipinski definition) is 3. The van der Waals surface area contributed by atoms with Crippen LogP contribution in [0.2, 0.25) is 0 Å². The van der Waals surface area contributed by atoms with E-state index in [9.17, 15) is 0 Å². The molecule has 2 rings (SSSR count). The summed E-state index contributed by atoms with van der Waals surface area (Å²) in [5.41, 5.74) is 0. The minimum atomic E-state index is 0.270. The first kappa shape index (κ1) is 12.1. The van der Waals surface area contributed by atoms with Gasteiger partial charge in [0.25, 0.3) is 0 Å². The van der Waals surface area contributed by atoms with E-state index in [1.165, 1.54) is 0 Å². The minimum Gasteiger partial charge on any atom is -0.466 e. The van der Waals surface area contributed by atoms with E-state index in [1.807, 2.05) is 6.07 Å². The van der Waals surface area contributed by atoms with Gasteiger partial charge in [-0.1, -0.05) is 6.92 Å². The molecule has 0 amide bonds. The molecular weight excluding hydrogens is 270 g/mol. The van der Waals surface area contributed by atoms with Gasteiger partial charge in [-0.2, -0.15) is 0 Å². The Morgan fingerprint density at radius 3 is 3.06 bits per heavy atom. The molecule has 0 radical (unpaired) electrons. The molecule has 0 bridgehead atoms. The van der Waals surface area contributed by atoms with Crippen molar-refractivity contribution in [3.05, 3.63) is 22.6 Å². The first-order valence-corrected chi connectivity index (χ1v) is 6.66. The summed E-state index contributed by atoms with van der Waals surface area (Å²) in [6.07, 6.45) is 3.97. The third kappa shape index (κ3) is 2.67. The number of nitrogens with one attached hydrogen (secondary N) is 1. The Labute approximate surface area is 105 Å². The maximum atomic E-state index is 5.57. The van der Waals surface area contributed by atoms with Crippen molar-refractivity contribution in [2.45, 2.75) is 25.8 Å². The Hall–Kier alpha value is -0.320. The summed E-state index contributed by atoms with van der Waals surface area (Å²) in [5, 5.41) is 3.55. The Kier molecular flexibility index (Phi) is 4.44. The van der Waals surface area contributed by atoms with Crippen LogP contribution in [0.3, 0.4) is 0 Å². The monoisotopic (exact) mass is 287 g/mol. The zero-order chi connectivity index (χ0) is 11.4. The maximum Gasteiger partial charge on any atom is 0.135 e. The predicted octanol–water partition coefficient (Wildman–Crippen LogP) is 3.12. The van der Waals surface area contributed by atoms with Crippen molar-refractivity contribution in [2.24, 2.45) is 5.92 Å². The quantitative estimate of drug-likeness (QED) is 0.904. The molecule has 3 nitrogen and oxygen atoms in total. The van der Waals surface area contributed by atoms with E-state index in [1.54, 1.807) is 6.26 Å². The SMILES string of the molecule is CCCNC(c1occc1Br)C1CCOC1. The second-order valence-electron chi connectivity index (χ2n) is 4.19. The average molecular weight is 288 g/mol. The average Bonchev–Trinajstić information content (AvgIpc) is 2.91. The summed E-state index contributed by atoms with van der Waals surface area (Å²) < 4.78 is 12.1. The summed E-state index contributed by atoms with van der Waals surface area (Å²) in [6, 6.07) is 2.22. The lowest BCUT2D eigenvalue weighted by Crippen LogP contribution is -2.29. The van der Waals surface area contributed by atoms with Crippen LogP contribution < -0.4 is 5.32 Å². The molecule has 2 atom stereocenters. The van der Waals surface area contributed by atoms with Gasteiger partial charge in [0.05, 0.1) is 23.4 Å². The molecule has 1 N–H and O–H groups in total. The molecule has 1 aliphatic heterocycles. The third-order valence-electron chi connectivity index (χ3n) is 2.98. The minimum absolute atomic E-state index is 0.270. The van der Waals surface area contributed by atoms with Crippen molar-refractivity contribution < 1.29 is 9.15 Å². The van der Waals surface area contributed by atoms with Crippen LogP contribution in [0, 0.1) is 5.92 Å². The summed E-state index contributed by atoms with van der Waals surface area (Å²) in [7, 11) is 0. The highest BCUT2D eigenvalue weighted by Crippen LogP contribution is 2.33. The highest BCUT2D eigenvalue weighted by molar-refractivity contribution is 9.10. The summed E-state index contributed by atoms with van der Waals surface area (Å²) in [4.78, 5) is 0. The molecule has 2 heterocycles. The molecule has 90 valence electrons. The van der Waals surface area contributed by atoms with Crippen LogP contribution in [0.25, 0.3) is 0 Å². The topological polar surface area (TPSA) is 34.4 Å². The molecule has 1 aliphatic rings. The van der Waals surface area contributed by atoms with Crippen molar-refractivity contribution in [1.29, 1.82) is 0 Å². The zero-order valence-corrected chi connectivity index (χ0v) is 11.1. The van der Waals surface area contributed by atoms with Crippen LogP contribution in [-0.4, -0.2) is 19.8 Å². The third-order valence-corrected chi connectivity index (χ3v) is 3.63. The van der Waals surface area contributed by atoms with Crippen molar-refractivity contribution in [1.82, 2.24) is 5.32 Å². The van der Waals surface area contributed by atoms with Crippen LogP contribution in [0.5, 0.6) is 0 Å². The van der Waals surface area contributed by atoms with Gasteiger partial charge >= 0.3 is 0 Å². The lowest BCUT2D eigenvalue weighted by atomic mass is 9.97. The Bertz CT molecular complexity index is 321. The highest BCUT2D eigenvalue weighted by Gasteiger charge is 2.29. The Balaban J connectivity index is 2.10. The van der Waals surface area contributed by atoms with Gasteiger partial charge in [-0.3, -0.25) is 0 Å². The molecule has 2 unspecified atom stereocenters. The van der Waals surface area contributed by atoms with E-state index in [-0.39, 0.29) is 6.04 Å². The van der Waals surface area contributed by atoms with Crippen LogP contribution in [-0.2, 0) is 4.74 Å². The molecule has 0 aromatic carbocycles. The highest BCUT2D eigenvalue weighted by atomic mass is 79.9. The second-order valence-corrected chi connectivity index (χ2v) is 5.04. The van der Waals surface area contributed by atoms with Crippen molar-refractivity contribution in [3.63, 3.8) is 0 Å². The van der Waals surface area contributed by atoms with Gasteiger partial charge in [0.2, 0.25) is 0 Å². The number of halogens is 1. The largest absolute Gasteiger partial charge is 0.466 e. The molecule has 0 aliphatic carbocycles. The van der Waals surface area contributed by atoms with Gasteiger partial charge in [-0.15, -0.1) is 0 Å². The number of furan rings is 1. The first-order chi connectivity index (χ1) is 7.83. The molecule has 0 spiro atoms. The van der Waals surface area contributed by atoms with E-state index in [2.05, 4.69) is 28.2 Å². The fraction of sp³-hybridized carbons (Fsp3) is 0.667. The van der Waals surface area contributed by atoms with E-state index in [0.29, 0.717) is 5.92 Å². The predicted molar refractivity (Wildman–Crippen MR) is 66.4 cm³/mol. The van der Waals surface area contributed by atoms with Gasteiger partial charge in [-0.25, -0.2) is 0 Å². The smallest absolute Gasteiger partial charge is 0.135 e. The van der Waals surface area contributed by atoms with E-state index < -0.39 is 0 Å². The van der Waals surface area contributed by atoms with Gasteiger partial charge in [0.1, 0.15) is 5.76 Å². The fourth-order valence-corrected chi connectivity index (χ4v) is 2.56. The number of ether oxygens (including phenoxy) is 1. The molecule has 1 aromatic heterocycles. The molecule has 0 saturated carbocycles. The maximum absolute atomic E-state index is 5.57. The fourth-order valence-electron chi connectivity index (χ4n) is 2.12. The van der Waals surface area contributed by atoms with Crippen LogP contribution >= 0.6 is 15.9 Å². The Morgan fingerprint density at radius 2 is 2.50 bits per heavy atom. The number of rotatable bonds is 5. The lowest BCUT2D eigenvalue weighted by Gasteiger charge is -2.22.